The first-order chi connectivity index (χ1) is 12.2. The van der Waals surface area contributed by atoms with E-state index in [9.17, 15) is 0 Å². The van der Waals surface area contributed by atoms with Crippen LogP contribution in [0.3, 0.4) is 0 Å². The maximum Gasteiger partial charge on any atom is 0.227 e. The minimum absolute atomic E-state index is 0.486. The number of nitrogens with one attached hydrogen (secondary N) is 2. The fourth-order valence-corrected chi connectivity index (χ4v) is 2.71. The van der Waals surface area contributed by atoms with Gasteiger partial charge in [-0.05, 0) is 24.3 Å². The van der Waals surface area contributed by atoms with Crippen LogP contribution in [0.15, 0.2) is 55.0 Å². The second-order valence-electron chi connectivity index (χ2n) is 5.46. The summed E-state index contributed by atoms with van der Waals surface area (Å²) in [6, 6.07) is 11.1. The van der Waals surface area contributed by atoms with Gasteiger partial charge in [0, 0.05) is 29.8 Å². The van der Waals surface area contributed by atoms with E-state index in [0.29, 0.717) is 11.4 Å². The molecule has 2 N–H and O–H groups in total. The molecule has 0 atom stereocenters. The van der Waals surface area contributed by atoms with Gasteiger partial charge in [-0.25, -0.2) is 15.0 Å². The number of hydrogen-bond donors (Lipinski definition) is 2. The monoisotopic (exact) mass is 327 g/mol. The van der Waals surface area contributed by atoms with Crippen LogP contribution in [0, 0.1) is 0 Å². The highest BCUT2D eigenvalue weighted by Gasteiger charge is 2.13. The molecule has 0 bridgehead atoms. The number of benzene rings is 1. The molecule has 0 spiro atoms. The van der Waals surface area contributed by atoms with Crippen molar-refractivity contribution in [3.05, 3.63) is 55.0 Å². The van der Waals surface area contributed by atoms with Crippen LogP contribution in [0.25, 0.3) is 22.3 Å². The van der Waals surface area contributed by atoms with Gasteiger partial charge in [-0.2, -0.15) is 0 Å². The van der Waals surface area contributed by atoms with Crippen LogP contribution in [0.5, 0.6) is 5.75 Å². The van der Waals surface area contributed by atoms with Gasteiger partial charge in [0.15, 0.2) is 0 Å². The number of ether oxygens (including phenoxy) is 1. The van der Waals surface area contributed by atoms with Crippen molar-refractivity contribution < 1.29 is 4.74 Å². The molecule has 1 aromatic carbocycles. The molecule has 0 amide bonds. The number of anilines is 2. The predicted octanol–water partition coefficient (Wildman–Crippen LogP) is 2.57. The molecular formula is C18H14BN5O. The van der Waals surface area contributed by atoms with Gasteiger partial charge >= 0.3 is 0 Å². The van der Waals surface area contributed by atoms with E-state index in [2.05, 4.69) is 25.3 Å². The van der Waals surface area contributed by atoms with Crippen molar-refractivity contribution >= 4 is 36.0 Å². The zero-order chi connectivity index (χ0) is 17.2. The second-order valence-corrected chi connectivity index (χ2v) is 5.46. The van der Waals surface area contributed by atoms with E-state index in [0.717, 1.165) is 33.7 Å². The third-order valence-corrected chi connectivity index (χ3v) is 3.83. The number of fused-ring (bicyclic) bond motifs is 1. The van der Waals surface area contributed by atoms with Crippen LogP contribution in [-0.4, -0.2) is 34.9 Å². The first kappa shape index (κ1) is 15.2. The molecule has 0 fully saturated rings. The molecule has 120 valence electrons. The number of methoxy groups -OCH3 is 1. The molecular weight excluding hydrogens is 313 g/mol. The van der Waals surface area contributed by atoms with Crippen LogP contribution in [0.4, 0.5) is 11.6 Å². The molecule has 0 saturated carbocycles. The highest BCUT2D eigenvalue weighted by atomic mass is 16.5. The molecule has 2 radical (unpaired) electrons. The Balaban J connectivity index is 1.75. The Bertz CT molecular complexity index is 1050. The Labute approximate surface area is 145 Å². The molecule has 3 aromatic heterocycles. The topological polar surface area (TPSA) is 75.7 Å². The predicted molar refractivity (Wildman–Crippen MR) is 98.8 cm³/mol. The minimum Gasteiger partial charge on any atom is -0.496 e. The lowest BCUT2D eigenvalue weighted by Gasteiger charge is -2.08. The quantitative estimate of drug-likeness (QED) is 0.564. The number of aromatic nitrogens is 4. The second kappa shape index (κ2) is 6.28. The van der Waals surface area contributed by atoms with Gasteiger partial charge in [0.1, 0.15) is 19.2 Å². The van der Waals surface area contributed by atoms with Crippen molar-refractivity contribution in [2.24, 2.45) is 0 Å². The van der Waals surface area contributed by atoms with Crippen molar-refractivity contribution in [2.75, 3.05) is 12.4 Å². The van der Waals surface area contributed by atoms with E-state index in [1.165, 1.54) is 0 Å². The molecule has 0 aliphatic carbocycles. The number of hydrogen-bond acceptors (Lipinski definition) is 5. The lowest BCUT2D eigenvalue weighted by Crippen LogP contribution is -2.04. The average Bonchev–Trinajstić information content (AvgIpc) is 3.06. The van der Waals surface area contributed by atoms with Gasteiger partial charge in [-0.15, -0.1) is 0 Å². The highest BCUT2D eigenvalue weighted by molar-refractivity contribution is 6.32. The van der Waals surface area contributed by atoms with E-state index in [1.54, 1.807) is 19.5 Å². The standard InChI is InChI=1S/C18H14BN5O/c1-25-15-6-8-20-17-16(15)13(10-22-17)14-5-7-21-18(24-14)23-12-4-2-3-11(19)9-12/h2-10H,1H3,(H,20,22)(H,21,23,24). The van der Waals surface area contributed by atoms with Crippen LogP contribution < -0.4 is 15.5 Å². The SMILES string of the molecule is [B]c1cccc(Nc2nccc(-c3c[nH]c4nccc(OC)c34)n2)c1. The minimum atomic E-state index is 0.486. The van der Waals surface area contributed by atoms with Crippen LogP contribution >= 0.6 is 0 Å². The van der Waals surface area contributed by atoms with E-state index < -0.39 is 0 Å². The molecule has 25 heavy (non-hydrogen) atoms. The van der Waals surface area contributed by atoms with Crippen LogP contribution in [0.2, 0.25) is 0 Å². The fourth-order valence-electron chi connectivity index (χ4n) is 2.71. The third-order valence-electron chi connectivity index (χ3n) is 3.83. The Hall–Kier alpha value is -3.35. The molecule has 6 nitrogen and oxygen atoms in total. The molecule has 0 aliphatic heterocycles. The van der Waals surface area contributed by atoms with Crippen LogP contribution in [-0.2, 0) is 0 Å². The molecule has 3 heterocycles. The van der Waals surface area contributed by atoms with E-state index in [4.69, 9.17) is 12.6 Å². The lowest BCUT2D eigenvalue weighted by molar-refractivity contribution is 0.419. The fraction of sp³-hybridized carbons (Fsp3) is 0.0556. The van der Waals surface area contributed by atoms with Gasteiger partial charge in [-0.3, -0.25) is 0 Å². The Morgan fingerprint density at radius 3 is 2.84 bits per heavy atom. The van der Waals surface area contributed by atoms with E-state index in [1.807, 2.05) is 42.6 Å². The zero-order valence-electron chi connectivity index (χ0n) is 13.5. The van der Waals surface area contributed by atoms with E-state index in [-0.39, 0.29) is 0 Å². The average molecular weight is 327 g/mol. The first-order valence-electron chi connectivity index (χ1n) is 7.70. The molecule has 0 unspecified atom stereocenters. The largest absolute Gasteiger partial charge is 0.496 e. The Kier molecular flexibility index (Phi) is 3.82. The summed E-state index contributed by atoms with van der Waals surface area (Å²) in [6.07, 6.45) is 5.28. The van der Waals surface area contributed by atoms with Crippen molar-refractivity contribution in [3.8, 4) is 17.0 Å². The summed E-state index contributed by atoms with van der Waals surface area (Å²) in [7, 11) is 7.44. The van der Waals surface area contributed by atoms with Crippen molar-refractivity contribution in [1.82, 2.24) is 19.9 Å². The van der Waals surface area contributed by atoms with Gasteiger partial charge in [0.05, 0.1) is 18.2 Å². The molecule has 7 heteroatoms. The van der Waals surface area contributed by atoms with Crippen molar-refractivity contribution in [1.29, 1.82) is 0 Å². The third kappa shape index (κ3) is 2.92. The summed E-state index contributed by atoms with van der Waals surface area (Å²) in [6.45, 7) is 0. The number of aromatic amines is 1. The van der Waals surface area contributed by atoms with Crippen molar-refractivity contribution in [2.45, 2.75) is 0 Å². The molecule has 0 aliphatic rings. The Morgan fingerprint density at radius 2 is 2.00 bits per heavy atom. The summed E-state index contributed by atoms with van der Waals surface area (Å²) in [5.74, 6) is 1.23. The maximum absolute atomic E-state index is 5.81. The van der Waals surface area contributed by atoms with Crippen molar-refractivity contribution in [3.63, 3.8) is 0 Å². The number of H-pyrrole nitrogens is 1. The summed E-state index contributed by atoms with van der Waals surface area (Å²) in [4.78, 5) is 16.4. The summed E-state index contributed by atoms with van der Waals surface area (Å²) in [5, 5.41) is 4.05. The highest BCUT2D eigenvalue weighted by Crippen LogP contribution is 2.33. The van der Waals surface area contributed by atoms with Gasteiger partial charge in [0.25, 0.3) is 0 Å². The van der Waals surface area contributed by atoms with Gasteiger partial charge < -0.3 is 15.0 Å². The van der Waals surface area contributed by atoms with E-state index >= 15 is 0 Å². The summed E-state index contributed by atoms with van der Waals surface area (Å²) < 4.78 is 5.45. The zero-order valence-corrected chi connectivity index (χ0v) is 13.5. The van der Waals surface area contributed by atoms with Gasteiger partial charge in [0.2, 0.25) is 5.95 Å². The molecule has 4 aromatic rings. The molecule has 0 saturated heterocycles. The maximum atomic E-state index is 5.81. The summed E-state index contributed by atoms with van der Waals surface area (Å²) in [5.41, 5.74) is 3.92. The smallest absolute Gasteiger partial charge is 0.227 e. The first-order valence-corrected chi connectivity index (χ1v) is 7.70. The Morgan fingerprint density at radius 1 is 1.12 bits per heavy atom. The van der Waals surface area contributed by atoms with Crippen LogP contribution in [0.1, 0.15) is 0 Å². The van der Waals surface area contributed by atoms with Gasteiger partial charge in [-0.1, -0.05) is 17.6 Å². The molecule has 4 rings (SSSR count). The number of pyridine rings is 1. The summed E-state index contributed by atoms with van der Waals surface area (Å²) >= 11 is 0. The lowest BCUT2D eigenvalue weighted by atomic mass is 9.96. The number of rotatable bonds is 4. The number of nitrogens with zero attached hydrogens (tertiary/aromatic N) is 3. The normalized spacial score (nSPS) is 10.8.